The van der Waals surface area contributed by atoms with E-state index in [-0.39, 0.29) is 25.7 Å². The van der Waals surface area contributed by atoms with Crippen molar-refractivity contribution in [1.29, 1.82) is 0 Å². The highest BCUT2D eigenvalue weighted by Gasteiger charge is 2.26. The van der Waals surface area contributed by atoms with E-state index in [4.69, 9.17) is 10.8 Å². The lowest BCUT2D eigenvalue weighted by Gasteiger charge is -2.21. The predicted molar refractivity (Wildman–Crippen MR) is 118 cm³/mol. The van der Waals surface area contributed by atoms with Gasteiger partial charge in [0.25, 0.3) is 0 Å². The quantitative estimate of drug-likeness (QED) is 0.156. The summed E-state index contributed by atoms with van der Waals surface area (Å²) in [7, 11) is 3.47. The molecule has 0 fully saturated rings. The lowest BCUT2D eigenvalue weighted by molar-refractivity contribution is -0.142. The predicted octanol–water partition coefficient (Wildman–Crippen LogP) is -0.195. The molecule has 0 aliphatic rings. The molecular formula is C21H31N5O6. The summed E-state index contributed by atoms with van der Waals surface area (Å²) < 4.78 is 0. The van der Waals surface area contributed by atoms with Crippen molar-refractivity contribution < 1.29 is 29.4 Å². The van der Waals surface area contributed by atoms with Crippen LogP contribution < -0.4 is 16.4 Å². The third kappa shape index (κ3) is 10.4. The van der Waals surface area contributed by atoms with E-state index >= 15 is 0 Å². The average molecular weight is 450 g/mol. The largest absolute Gasteiger partial charge is 0.481 e. The van der Waals surface area contributed by atoms with Crippen molar-refractivity contribution in [1.82, 2.24) is 15.5 Å². The normalized spacial score (nSPS) is 13.0. The first-order valence-corrected chi connectivity index (χ1v) is 10.2. The van der Waals surface area contributed by atoms with Crippen LogP contribution in [-0.2, 0) is 25.6 Å². The van der Waals surface area contributed by atoms with Crippen LogP contribution in [0, 0.1) is 0 Å². The molecule has 0 spiro atoms. The van der Waals surface area contributed by atoms with E-state index in [9.17, 15) is 24.3 Å². The minimum Gasteiger partial charge on any atom is -0.481 e. The fraction of sp³-hybridized carbons (Fsp3) is 0.476. The lowest BCUT2D eigenvalue weighted by Crippen LogP contribution is -2.52. The number of guanidine groups is 1. The molecule has 1 rings (SSSR count). The number of aliphatic imine (C=N–C) groups is 1. The number of hydrogen-bond donors (Lipinski definition) is 5. The van der Waals surface area contributed by atoms with E-state index in [0.29, 0.717) is 18.9 Å². The van der Waals surface area contributed by atoms with Crippen LogP contribution in [0.5, 0.6) is 0 Å². The first-order chi connectivity index (χ1) is 15.1. The SMILES string of the molecule is CN(C)C(N)=NCCC[C@H](NC(=O)CCC(=O)O)C(=O)NC(Cc1ccccc1)C(=O)O. The first kappa shape index (κ1) is 26.4. The highest BCUT2D eigenvalue weighted by molar-refractivity contribution is 5.91. The van der Waals surface area contributed by atoms with Crippen LogP contribution in [0.1, 0.15) is 31.2 Å². The molecule has 11 nitrogen and oxygen atoms in total. The molecule has 32 heavy (non-hydrogen) atoms. The van der Waals surface area contributed by atoms with Crippen molar-refractivity contribution in [3.8, 4) is 0 Å². The Bertz CT molecular complexity index is 812. The number of carboxylic acids is 2. The molecule has 0 saturated heterocycles. The summed E-state index contributed by atoms with van der Waals surface area (Å²) in [6.07, 6.45) is -0.0349. The molecule has 0 saturated carbocycles. The number of carboxylic acid groups (broad SMARTS) is 2. The second-order valence-corrected chi connectivity index (χ2v) is 7.38. The van der Waals surface area contributed by atoms with Crippen molar-refractivity contribution in [2.75, 3.05) is 20.6 Å². The maximum Gasteiger partial charge on any atom is 0.326 e. The molecule has 2 atom stereocenters. The van der Waals surface area contributed by atoms with Crippen molar-refractivity contribution in [2.24, 2.45) is 10.7 Å². The Kier molecular flexibility index (Phi) is 11.2. The van der Waals surface area contributed by atoms with Gasteiger partial charge in [-0.05, 0) is 18.4 Å². The van der Waals surface area contributed by atoms with Crippen LogP contribution in [0.15, 0.2) is 35.3 Å². The highest BCUT2D eigenvalue weighted by atomic mass is 16.4. The van der Waals surface area contributed by atoms with E-state index < -0.39 is 35.8 Å². The van der Waals surface area contributed by atoms with Gasteiger partial charge in [-0.25, -0.2) is 4.79 Å². The molecule has 0 bridgehead atoms. The van der Waals surface area contributed by atoms with Gasteiger partial charge in [-0.1, -0.05) is 30.3 Å². The summed E-state index contributed by atoms with van der Waals surface area (Å²) in [5.74, 6) is -3.31. The number of carbonyl (C=O) groups excluding carboxylic acids is 2. The van der Waals surface area contributed by atoms with Gasteiger partial charge in [0.15, 0.2) is 5.96 Å². The number of amides is 2. The second-order valence-electron chi connectivity index (χ2n) is 7.38. The van der Waals surface area contributed by atoms with Crippen LogP contribution in [-0.4, -0.2) is 77.5 Å². The second kappa shape index (κ2) is 13.6. The monoisotopic (exact) mass is 449 g/mol. The molecule has 1 aromatic carbocycles. The average Bonchev–Trinajstić information content (AvgIpc) is 2.74. The molecule has 0 heterocycles. The fourth-order valence-electron chi connectivity index (χ4n) is 2.71. The summed E-state index contributed by atoms with van der Waals surface area (Å²) in [6.45, 7) is 0.297. The number of nitrogens with zero attached hydrogens (tertiary/aromatic N) is 2. The van der Waals surface area contributed by atoms with Crippen molar-refractivity contribution in [3.63, 3.8) is 0 Å². The van der Waals surface area contributed by atoms with Crippen molar-refractivity contribution >= 4 is 29.7 Å². The van der Waals surface area contributed by atoms with Gasteiger partial charge < -0.3 is 31.5 Å². The van der Waals surface area contributed by atoms with Gasteiger partial charge in [0, 0.05) is 33.5 Å². The van der Waals surface area contributed by atoms with Gasteiger partial charge in [0.1, 0.15) is 12.1 Å². The molecule has 0 aliphatic carbocycles. The van der Waals surface area contributed by atoms with Crippen LogP contribution in [0.2, 0.25) is 0 Å². The van der Waals surface area contributed by atoms with Gasteiger partial charge in [0.05, 0.1) is 6.42 Å². The number of aliphatic carboxylic acids is 2. The van der Waals surface area contributed by atoms with E-state index in [2.05, 4.69) is 15.6 Å². The van der Waals surface area contributed by atoms with Crippen molar-refractivity contribution in [3.05, 3.63) is 35.9 Å². The fourth-order valence-corrected chi connectivity index (χ4v) is 2.71. The molecule has 0 aromatic heterocycles. The maximum absolute atomic E-state index is 12.8. The standard InChI is InChI=1S/C21H31N5O6/c1-26(2)21(22)23-12-6-9-15(24-17(27)10-11-18(28)29)19(30)25-16(20(31)32)13-14-7-4-3-5-8-14/h3-5,7-8,15-16H,6,9-13H2,1-2H3,(H2,22,23)(H,24,27)(H,25,30)(H,28,29)(H,31,32)/t15-,16?/m0/s1. The van der Waals surface area contributed by atoms with E-state index in [1.807, 2.05) is 0 Å². The zero-order valence-corrected chi connectivity index (χ0v) is 18.3. The third-order valence-corrected chi connectivity index (χ3v) is 4.50. The van der Waals surface area contributed by atoms with E-state index in [0.717, 1.165) is 5.56 Å². The van der Waals surface area contributed by atoms with Crippen LogP contribution >= 0.6 is 0 Å². The number of hydrogen-bond acceptors (Lipinski definition) is 5. The van der Waals surface area contributed by atoms with Gasteiger partial charge in [0.2, 0.25) is 11.8 Å². The molecule has 0 radical (unpaired) electrons. The van der Waals surface area contributed by atoms with Crippen LogP contribution in [0.25, 0.3) is 0 Å². The van der Waals surface area contributed by atoms with E-state index in [1.54, 1.807) is 49.3 Å². The molecule has 176 valence electrons. The topological polar surface area (TPSA) is 174 Å². The van der Waals surface area contributed by atoms with Gasteiger partial charge >= 0.3 is 11.9 Å². The Morgan fingerprint density at radius 2 is 1.69 bits per heavy atom. The minimum atomic E-state index is -1.21. The van der Waals surface area contributed by atoms with Crippen LogP contribution in [0.3, 0.4) is 0 Å². The van der Waals surface area contributed by atoms with Gasteiger partial charge in [-0.15, -0.1) is 0 Å². The number of benzene rings is 1. The summed E-state index contributed by atoms with van der Waals surface area (Å²) >= 11 is 0. The van der Waals surface area contributed by atoms with Crippen LogP contribution in [0.4, 0.5) is 0 Å². The molecule has 1 unspecified atom stereocenters. The zero-order valence-electron chi connectivity index (χ0n) is 18.3. The molecule has 6 N–H and O–H groups in total. The number of rotatable bonds is 13. The van der Waals surface area contributed by atoms with Gasteiger partial charge in [-0.3, -0.25) is 19.4 Å². The zero-order chi connectivity index (χ0) is 24.1. The van der Waals surface area contributed by atoms with E-state index in [1.165, 1.54) is 0 Å². The molecule has 11 heteroatoms. The Balaban J connectivity index is 2.83. The first-order valence-electron chi connectivity index (χ1n) is 10.2. The molecule has 0 aliphatic heterocycles. The number of nitrogens with two attached hydrogens (primary N) is 1. The number of nitrogens with one attached hydrogen (secondary N) is 2. The maximum atomic E-state index is 12.8. The highest BCUT2D eigenvalue weighted by Crippen LogP contribution is 2.06. The Labute approximate surface area is 186 Å². The summed E-state index contributed by atoms with van der Waals surface area (Å²) in [5, 5.41) is 23.2. The lowest BCUT2D eigenvalue weighted by atomic mass is 10.0. The third-order valence-electron chi connectivity index (χ3n) is 4.50. The smallest absolute Gasteiger partial charge is 0.326 e. The molecule has 1 aromatic rings. The summed E-state index contributed by atoms with van der Waals surface area (Å²) in [6, 6.07) is 6.60. The Morgan fingerprint density at radius 1 is 1.03 bits per heavy atom. The van der Waals surface area contributed by atoms with Crippen molar-refractivity contribution in [2.45, 2.75) is 44.2 Å². The number of carbonyl (C=O) groups is 4. The minimum absolute atomic E-state index is 0.0747. The summed E-state index contributed by atoms with van der Waals surface area (Å²) in [5.41, 5.74) is 6.45. The Morgan fingerprint density at radius 3 is 2.25 bits per heavy atom. The Hall–Kier alpha value is -3.63. The summed E-state index contributed by atoms with van der Waals surface area (Å²) in [4.78, 5) is 53.0. The van der Waals surface area contributed by atoms with Gasteiger partial charge in [-0.2, -0.15) is 0 Å². The molecular weight excluding hydrogens is 418 g/mol. The molecule has 2 amide bonds.